The van der Waals surface area contributed by atoms with Gasteiger partial charge in [0.05, 0.1) is 19.9 Å². The molecule has 0 saturated heterocycles. The van der Waals surface area contributed by atoms with E-state index in [4.69, 9.17) is 4.74 Å². The maximum atomic E-state index is 12.3. The molecule has 0 aromatic heterocycles. The molecule has 0 unspecified atom stereocenters. The zero-order valence-corrected chi connectivity index (χ0v) is 16.2. The summed E-state index contributed by atoms with van der Waals surface area (Å²) in [4.78, 5) is 23.6. The number of methoxy groups -OCH3 is 1. The lowest BCUT2D eigenvalue weighted by Crippen LogP contribution is -2.37. The first-order valence-corrected chi connectivity index (χ1v) is 10.0. The SMILES string of the molecule is COc1ccccc1CN(CC(=O)Nc1ccc(C(C)=O)cc1)S(C)(=O)=O. The molecule has 144 valence electrons. The van der Waals surface area contributed by atoms with Gasteiger partial charge in [-0.3, -0.25) is 9.59 Å². The van der Waals surface area contributed by atoms with Gasteiger partial charge in [0.2, 0.25) is 15.9 Å². The standard InChI is InChI=1S/C19H22N2O5S/c1-14(22)15-8-10-17(11-9-15)20-19(23)13-21(27(3,24)25)12-16-6-4-5-7-18(16)26-2/h4-11H,12-13H2,1-3H3,(H,20,23). The molecule has 0 aliphatic rings. The lowest BCUT2D eigenvalue weighted by atomic mass is 10.1. The predicted octanol–water partition coefficient (Wildman–Crippen LogP) is 2.30. The van der Waals surface area contributed by atoms with Gasteiger partial charge in [0, 0.05) is 23.4 Å². The number of ether oxygens (including phenoxy) is 1. The van der Waals surface area contributed by atoms with Crippen LogP contribution < -0.4 is 10.1 Å². The second-order valence-electron chi connectivity index (χ2n) is 6.02. The number of ketones is 1. The van der Waals surface area contributed by atoms with Gasteiger partial charge in [-0.1, -0.05) is 18.2 Å². The normalized spacial score (nSPS) is 11.3. The third kappa shape index (κ3) is 5.90. The van der Waals surface area contributed by atoms with Crippen molar-refractivity contribution in [1.29, 1.82) is 0 Å². The molecule has 0 heterocycles. The van der Waals surface area contributed by atoms with Crippen molar-refractivity contribution >= 4 is 27.4 Å². The number of para-hydroxylation sites is 1. The van der Waals surface area contributed by atoms with Gasteiger partial charge in [-0.25, -0.2) is 8.42 Å². The molecule has 7 nitrogen and oxygen atoms in total. The first kappa shape index (κ1) is 20.6. The fraction of sp³-hybridized carbons (Fsp3) is 0.263. The molecule has 0 fully saturated rings. The van der Waals surface area contributed by atoms with Crippen LogP contribution in [0.25, 0.3) is 0 Å². The lowest BCUT2D eigenvalue weighted by Gasteiger charge is -2.20. The van der Waals surface area contributed by atoms with Gasteiger partial charge in [-0.05, 0) is 37.3 Å². The van der Waals surface area contributed by atoms with Crippen molar-refractivity contribution < 1.29 is 22.7 Å². The highest BCUT2D eigenvalue weighted by Gasteiger charge is 2.22. The van der Waals surface area contributed by atoms with Crippen molar-refractivity contribution in [3.05, 3.63) is 59.7 Å². The Labute approximate surface area is 159 Å². The molecule has 0 saturated carbocycles. The highest BCUT2D eigenvalue weighted by molar-refractivity contribution is 7.88. The Kier molecular flexibility index (Phi) is 6.70. The molecule has 0 aliphatic carbocycles. The molecule has 2 aromatic rings. The van der Waals surface area contributed by atoms with Crippen molar-refractivity contribution in [2.75, 3.05) is 25.2 Å². The van der Waals surface area contributed by atoms with Gasteiger partial charge in [0.1, 0.15) is 5.75 Å². The molecule has 0 bridgehead atoms. The van der Waals surface area contributed by atoms with Crippen LogP contribution in [-0.4, -0.2) is 44.3 Å². The van der Waals surface area contributed by atoms with E-state index < -0.39 is 15.9 Å². The van der Waals surface area contributed by atoms with Gasteiger partial charge >= 0.3 is 0 Å². The smallest absolute Gasteiger partial charge is 0.239 e. The van der Waals surface area contributed by atoms with Gasteiger partial charge in [-0.15, -0.1) is 0 Å². The molecule has 27 heavy (non-hydrogen) atoms. The van der Waals surface area contributed by atoms with E-state index in [2.05, 4.69) is 5.32 Å². The van der Waals surface area contributed by atoms with Gasteiger partial charge in [0.25, 0.3) is 0 Å². The van der Waals surface area contributed by atoms with Crippen LogP contribution >= 0.6 is 0 Å². The number of carbonyl (C=O) groups excluding carboxylic acids is 2. The number of rotatable bonds is 8. The summed E-state index contributed by atoms with van der Waals surface area (Å²) < 4.78 is 30.5. The summed E-state index contributed by atoms with van der Waals surface area (Å²) in [5.74, 6) is -0.00906. The number of carbonyl (C=O) groups is 2. The van der Waals surface area contributed by atoms with Crippen molar-refractivity contribution in [2.24, 2.45) is 0 Å². The third-order valence-electron chi connectivity index (χ3n) is 3.90. The van der Waals surface area contributed by atoms with E-state index in [1.807, 2.05) is 0 Å². The van der Waals surface area contributed by atoms with Crippen molar-refractivity contribution in [3.8, 4) is 5.75 Å². The average molecular weight is 390 g/mol. The minimum Gasteiger partial charge on any atom is -0.496 e. The van der Waals surface area contributed by atoms with Crippen molar-refractivity contribution in [3.63, 3.8) is 0 Å². The number of hydrogen-bond acceptors (Lipinski definition) is 5. The maximum Gasteiger partial charge on any atom is 0.239 e. The van der Waals surface area contributed by atoms with E-state index in [0.29, 0.717) is 22.6 Å². The molecule has 2 rings (SSSR count). The molecule has 1 amide bonds. The molecule has 0 atom stereocenters. The Morgan fingerprint density at radius 3 is 2.26 bits per heavy atom. The average Bonchev–Trinajstić information content (AvgIpc) is 2.61. The third-order valence-corrected chi connectivity index (χ3v) is 5.10. The van der Waals surface area contributed by atoms with Crippen molar-refractivity contribution in [2.45, 2.75) is 13.5 Å². The summed E-state index contributed by atoms with van der Waals surface area (Å²) in [5, 5.41) is 2.64. The molecule has 8 heteroatoms. The van der Waals surface area contributed by atoms with Crippen molar-refractivity contribution in [1.82, 2.24) is 4.31 Å². The number of nitrogens with zero attached hydrogens (tertiary/aromatic N) is 1. The van der Waals surface area contributed by atoms with Crippen LogP contribution in [0.1, 0.15) is 22.8 Å². The second-order valence-corrected chi connectivity index (χ2v) is 8.01. The fourth-order valence-corrected chi connectivity index (χ4v) is 3.19. The van der Waals surface area contributed by atoms with Crippen LogP contribution in [0.2, 0.25) is 0 Å². The number of hydrogen-bond donors (Lipinski definition) is 1. The van der Waals surface area contributed by atoms with E-state index in [9.17, 15) is 18.0 Å². The van der Waals surface area contributed by atoms with Crippen LogP contribution in [0.4, 0.5) is 5.69 Å². The predicted molar refractivity (Wildman–Crippen MR) is 103 cm³/mol. The first-order valence-electron chi connectivity index (χ1n) is 8.18. The van der Waals surface area contributed by atoms with Crippen LogP contribution in [-0.2, 0) is 21.4 Å². The molecule has 1 N–H and O–H groups in total. The fourth-order valence-electron chi connectivity index (χ4n) is 2.46. The second kappa shape index (κ2) is 8.79. The summed E-state index contributed by atoms with van der Waals surface area (Å²) >= 11 is 0. The summed E-state index contributed by atoms with van der Waals surface area (Å²) in [5.41, 5.74) is 1.67. The van der Waals surface area contributed by atoms with Gasteiger partial charge in [0.15, 0.2) is 5.78 Å². The topological polar surface area (TPSA) is 92.8 Å². The highest BCUT2D eigenvalue weighted by atomic mass is 32.2. The van der Waals surface area contributed by atoms with Gasteiger partial charge in [-0.2, -0.15) is 4.31 Å². The summed E-state index contributed by atoms with van der Waals surface area (Å²) in [6, 6.07) is 13.4. The Bertz CT molecular complexity index is 923. The summed E-state index contributed by atoms with van der Waals surface area (Å²) in [6.45, 7) is 1.13. The molecular weight excluding hydrogens is 368 g/mol. The number of Topliss-reactive ketones (excluding diaryl/α,β-unsaturated/α-hetero) is 1. The molecule has 0 aliphatic heterocycles. The zero-order valence-electron chi connectivity index (χ0n) is 15.4. The molecule has 0 spiro atoms. The number of anilines is 1. The molecular formula is C19H22N2O5S. The minimum absolute atomic E-state index is 0.0134. The first-order chi connectivity index (χ1) is 12.7. The Balaban J connectivity index is 2.11. The van der Waals surface area contributed by atoms with E-state index in [1.54, 1.807) is 48.5 Å². The number of benzene rings is 2. The van der Waals surface area contributed by atoms with E-state index in [1.165, 1.54) is 14.0 Å². The Morgan fingerprint density at radius 2 is 1.70 bits per heavy atom. The highest BCUT2D eigenvalue weighted by Crippen LogP contribution is 2.20. The summed E-state index contributed by atoms with van der Waals surface area (Å²) in [6.07, 6.45) is 1.05. The molecule has 0 radical (unpaired) electrons. The number of nitrogens with one attached hydrogen (secondary N) is 1. The van der Waals surface area contributed by atoms with E-state index >= 15 is 0 Å². The maximum absolute atomic E-state index is 12.3. The van der Waals surface area contributed by atoms with E-state index in [-0.39, 0.29) is 18.9 Å². The van der Waals surface area contributed by atoms with Gasteiger partial charge < -0.3 is 10.1 Å². The summed E-state index contributed by atoms with van der Waals surface area (Å²) in [7, 11) is -2.12. The Hall–Kier alpha value is -2.71. The molecule has 2 aromatic carbocycles. The monoisotopic (exact) mass is 390 g/mol. The van der Waals surface area contributed by atoms with Crippen LogP contribution in [0.3, 0.4) is 0 Å². The van der Waals surface area contributed by atoms with E-state index in [0.717, 1.165) is 10.6 Å². The lowest BCUT2D eigenvalue weighted by molar-refractivity contribution is -0.116. The largest absolute Gasteiger partial charge is 0.496 e. The van der Waals surface area contributed by atoms with Crippen LogP contribution in [0, 0.1) is 0 Å². The number of sulfonamides is 1. The Morgan fingerprint density at radius 1 is 1.07 bits per heavy atom. The number of amides is 1. The van der Waals surface area contributed by atoms with Crippen LogP contribution in [0.15, 0.2) is 48.5 Å². The minimum atomic E-state index is -3.62. The zero-order chi connectivity index (χ0) is 20.0. The van der Waals surface area contributed by atoms with Crippen LogP contribution in [0.5, 0.6) is 5.75 Å². The quantitative estimate of drug-likeness (QED) is 0.698.